The van der Waals surface area contributed by atoms with Crippen LogP contribution in [0, 0.1) is 0 Å². The van der Waals surface area contributed by atoms with Crippen LogP contribution in [0.3, 0.4) is 0 Å². The second-order valence-corrected chi connectivity index (χ2v) is 4.99. The molecule has 0 aromatic rings. The summed E-state index contributed by atoms with van der Waals surface area (Å²) < 4.78 is 24.9. The molecule has 1 rings (SSSR count). The van der Waals surface area contributed by atoms with Crippen LogP contribution >= 0.6 is 0 Å². The fourth-order valence-electron chi connectivity index (χ4n) is 1.18. The summed E-state index contributed by atoms with van der Waals surface area (Å²) in [5.74, 6) is -0.672. The molecule has 0 radical (unpaired) electrons. The van der Waals surface area contributed by atoms with E-state index in [1.807, 2.05) is 0 Å². The average Bonchev–Trinajstić information content (AvgIpc) is 2.53. The third-order valence-corrected chi connectivity index (χ3v) is 3.73. The molecule has 7 heteroatoms. The largest absolute Gasteiger partial charge is 0.369 e. The Morgan fingerprint density at radius 2 is 2.31 bits per heavy atom. The minimum Gasteiger partial charge on any atom is -0.369 e. The van der Waals surface area contributed by atoms with E-state index in [4.69, 9.17) is 5.73 Å². The third kappa shape index (κ3) is 2.94. The number of primary amides is 1. The zero-order valence-corrected chi connectivity index (χ0v) is 7.93. The molecule has 13 heavy (non-hydrogen) atoms. The van der Waals surface area contributed by atoms with Crippen LogP contribution in [0.25, 0.3) is 0 Å². The molecule has 1 saturated heterocycles. The summed E-state index contributed by atoms with van der Waals surface area (Å²) in [6.07, 6.45) is 0.577. The van der Waals surface area contributed by atoms with Crippen molar-refractivity contribution in [3.8, 4) is 0 Å². The number of nitrogens with one attached hydrogen (secondary N) is 2. The first kappa shape index (κ1) is 10.4. The summed E-state index contributed by atoms with van der Waals surface area (Å²) in [6, 6.07) is 0. The van der Waals surface area contributed by atoms with E-state index in [1.54, 1.807) is 0 Å². The Bertz CT molecular complexity index is 281. The molecule has 0 aliphatic carbocycles. The molecule has 1 unspecified atom stereocenters. The average molecular weight is 207 g/mol. The first-order chi connectivity index (χ1) is 6.02. The van der Waals surface area contributed by atoms with Gasteiger partial charge in [-0.3, -0.25) is 4.79 Å². The van der Waals surface area contributed by atoms with Gasteiger partial charge in [0, 0.05) is 6.54 Å². The van der Waals surface area contributed by atoms with Crippen molar-refractivity contribution in [1.82, 2.24) is 10.0 Å². The molecule has 0 bridgehead atoms. The Kier molecular flexibility index (Phi) is 3.23. The van der Waals surface area contributed by atoms with Crippen LogP contribution < -0.4 is 15.8 Å². The summed E-state index contributed by atoms with van der Waals surface area (Å²) in [7, 11) is -3.37. The first-order valence-corrected chi connectivity index (χ1v) is 5.54. The molecule has 0 aromatic carbocycles. The minimum absolute atomic E-state index is 0.321. The van der Waals surface area contributed by atoms with Crippen molar-refractivity contribution in [3.05, 3.63) is 0 Å². The molecular weight excluding hydrogens is 194 g/mol. The lowest BCUT2D eigenvalue weighted by Gasteiger charge is -2.09. The fraction of sp³-hybridized carbons (Fsp3) is 0.833. The molecule has 0 spiro atoms. The smallest absolute Gasteiger partial charge is 0.232 e. The molecule has 0 saturated carbocycles. The predicted octanol–water partition coefficient (Wildman–Crippen LogP) is -2.25. The van der Waals surface area contributed by atoms with E-state index in [9.17, 15) is 13.2 Å². The molecule has 1 heterocycles. The molecule has 1 aliphatic heterocycles. The molecule has 1 aliphatic rings. The maximum Gasteiger partial charge on any atom is 0.232 e. The molecule has 1 atom stereocenters. The van der Waals surface area contributed by atoms with Crippen molar-refractivity contribution < 1.29 is 13.2 Å². The van der Waals surface area contributed by atoms with Gasteiger partial charge in [0.2, 0.25) is 15.9 Å². The van der Waals surface area contributed by atoms with Crippen LogP contribution in [-0.4, -0.2) is 39.2 Å². The molecular formula is C6H13N3O3S. The highest BCUT2D eigenvalue weighted by molar-refractivity contribution is 7.90. The summed E-state index contributed by atoms with van der Waals surface area (Å²) >= 11 is 0. The lowest BCUT2D eigenvalue weighted by atomic mass is 10.4. The summed E-state index contributed by atoms with van der Waals surface area (Å²) in [6.45, 7) is 0.815. The van der Waals surface area contributed by atoms with Gasteiger partial charge in [-0.1, -0.05) is 0 Å². The van der Waals surface area contributed by atoms with Crippen molar-refractivity contribution in [2.75, 3.05) is 19.6 Å². The Balaban J connectivity index is 2.50. The number of rotatable bonds is 4. The third-order valence-electron chi connectivity index (χ3n) is 1.90. The van der Waals surface area contributed by atoms with E-state index >= 15 is 0 Å². The van der Waals surface area contributed by atoms with Crippen molar-refractivity contribution in [3.63, 3.8) is 0 Å². The van der Waals surface area contributed by atoms with Gasteiger partial charge in [0.05, 0.1) is 11.8 Å². The monoisotopic (exact) mass is 207 g/mol. The van der Waals surface area contributed by atoms with E-state index in [0.29, 0.717) is 19.5 Å². The van der Waals surface area contributed by atoms with Gasteiger partial charge in [-0.2, -0.15) is 0 Å². The number of hydrogen-bond acceptors (Lipinski definition) is 4. The zero-order chi connectivity index (χ0) is 9.90. The number of amides is 1. The van der Waals surface area contributed by atoms with Crippen molar-refractivity contribution >= 4 is 15.9 Å². The van der Waals surface area contributed by atoms with Gasteiger partial charge in [-0.15, -0.1) is 0 Å². The maximum atomic E-state index is 11.4. The molecule has 76 valence electrons. The van der Waals surface area contributed by atoms with Crippen LogP contribution in [0.1, 0.15) is 6.42 Å². The lowest BCUT2D eigenvalue weighted by molar-refractivity contribution is -0.116. The van der Waals surface area contributed by atoms with Crippen molar-refractivity contribution in [1.29, 1.82) is 0 Å². The Morgan fingerprint density at radius 1 is 1.62 bits per heavy atom. The highest BCUT2D eigenvalue weighted by Gasteiger charge is 2.28. The zero-order valence-electron chi connectivity index (χ0n) is 7.12. The van der Waals surface area contributed by atoms with Crippen LogP contribution in [0.5, 0.6) is 0 Å². The van der Waals surface area contributed by atoms with Gasteiger partial charge in [0.1, 0.15) is 0 Å². The maximum absolute atomic E-state index is 11.4. The highest BCUT2D eigenvalue weighted by atomic mass is 32.2. The van der Waals surface area contributed by atoms with Gasteiger partial charge in [-0.25, -0.2) is 13.1 Å². The van der Waals surface area contributed by atoms with E-state index in [2.05, 4.69) is 10.0 Å². The second kappa shape index (κ2) is 4.03. The Morgan fingerprint density at radius 3 is 2.77 bits per heavy atom. The number of carbonyl (C=O) groups excluding carboxylic acids is 1. The van der Waals surface area contributed by atoms with E-state index < -0.39 is 21.2 Å². The van der Waals surface area contributed by atoms with Crippen molar-refractivity contribution in [2.24, 2.45) is 5.73 Å². The SMILES string of the molecule is NC(=O)CNS(=O)(=O)C1CCNC1. The fourth-order valence-corrected chi connectivity index (χ4v) is 2.53. The normalized spacial score (nSPS) is 23.2. The molecule has 4 N–H and O–H groups in total. The predicted molar refractivity (Wildman–Crippen MR) is 47.4 cm³/mol. The van der Waals surface area contributed by atoms with Crippen LogP contribution in [0.2, 0.25) is 0 Å². The van der Waals surface area contributed by atoms with E-state index in [1.165, 1.54) is 0 Å². The van der Waals surface area contributed by atoms with E-state index in [-0.39, 0.29) is 6.54 Å². The van der Waals surface area contributed by atoms with Gasteiger partial charge in [0.25, 0.3) is 0 Å². The molecule has 6 nitrogen and oxygen atoms in total. The summed E-state index contributed by atoms with van der Waals surface area (Å²) in [5, 5.41) is 2.49. The Labute approximate surface area is 76.9 Å². The number of carbonyl (C=O) groups is 1. The lowest BCUT2D eigenvalue weighted by Crippen LogP contribution is -2.40. The number of hydrogen-bond donors (Lipinski definition) is 3. The van der Waals surface area contributed by atoms with Gasteiger partial charge >= 0.3 is 0 Å². The van der Waals surface area contributed by atoms with Gasteiger partial charge in [-0.05, 0) is 13.0 Å². The van der Waals surface area contributed by atoms with E-state index in [0.717, 1.165) is 0 Å². The number of nitrogens with two attached hydrogens (primary N) is 1. The molecule has 1 amide bonds. The Hall–Kier alpha value is -0.660. The summed E-state index contributed by atoms with van der Waals surface area (Å²) in [4.78, 5) is 10.3. The summed E-state index contributed by atoms with van der Waals surface area (Å²) in [5.41, 5.74) is 4.82. The van der Waals surface area contributed by atoms with Gasteiger partial charge < -0.3 is 11.1 Å². The van der Waals surface area contributed by atoms with Crippen LogP contribution in [0.15, 0.2) is 0 Å². The quantitative estimate of drug-likeness (QED) is 0.485. The molecule has 0 aromatic heterocycles. The minimum atomic E-state index is -3.37. The first-order valence-electron chi connectivity index (χ1n) is 4.00. The topological polar surface area (TPSA) is 101 Å². The standard InChI is InChI=1S/C6H13N3O3S/c7-6(10)4-9-13(11,12)5-1-2-8-3-5/h5,8-9H,1-4H2,(H2,7,10). The highest BCUT2D eigenvalue weighted by Crippen LogP contribution is 2.07. The second-order valence-electron chi connectivity index (χ2n) is 2.95. The van der Waals surface area contributed by atoms with Crippen molar-refractivity contribution in [2.45, 2.75) is 11.7 Å². The van der Waals surface area contributed by atoms with Crippen LogP contribution in [0.4, 0.5) is 0 Å². The molecule has 1 fully saturated rings. The van der Waals surface area contributed by atoms with Crippen LogP contribution in [-0.2, 0) is 14.8 Å². The van der Waals surface area contributed by atoms with Gasteiger partial charge in [0.15, 0.2) is 0 Å². The number of sulfonamides is 1.